The van der Waals surface area contributed by atoms with Crippen LogP contribution >= 0.6 is 0 Å². The molecule has 2 aliphatic heterocycles. The van der Waals surface area contributed by atoms with Crippen LogP contribution in [0.15, 0.2) is 11.6 Å². The van der Waals surface area contributed by atoms with Gasteiger partial charge in [-0.05, 0) is 18.9 Å². The molecule has 0 unspecified atom stereocenters. The fraction of sp³-hybridized carbons (Fsp3) is 0.889. The summed E-state index contributed by atoms with van der Waals surface area (Å²) in [6, 6.07) is 0. The fourth-order valence-corrected chi connectivity index (χ4v) is 5.30. The van der Waals surface area contributed by atoms with Gasteiger partial charge in [0.2, 0.25) is 5.79 Å². The summed E-state index contributed by atoms with van der Waals surface area (Å²) < 4.78 is 28.3. The lowest BCUT2D eigenvalue weighted by atomic mass is 9.70. The van der Waals surface area contributed by atoms with Crippen LogP contribution in [0.4, 0.5) is 0 Å². The Balaban J connectivity index is 2.56. The number of methoxy groups -OCH3 is 3. The van der Waals surface area contributed by atoms with Crippen molar-refractivity contribution in [2.45, 2.75) is 114 Å². The van der Waals surface area contributed by atoms with Crippen LogP contribution in [0, 0.1) is 11.3 Å². The number of hydrogen-bond acceptors (Lipinski definition) is 11. The minimum atomic E-state index is -2.23. The van der Waals surface area contributed by atoms with Gasteiger partial charge in [0.05, 0.1) is 30.5 Å². The number of fused-ring (bicyclic) bond motifs is 2. The van der Waals surface area contributed by atoms with Crippen LogP contribution in [-0.2, 0) is 28.5 Å². The molecule has 2 aliphatic rings. The predicted molar refractivity (Wildman–Crippen MR) is 137 cm³/mol. The van der Waals surface area contributed by atoms with Crippen molar-refractivity contribution < 1.29 is 54.0 Å². The van der Waals surface area contributed by atoms with E-state index in [0.29, 0.717) is 12.0 Å². The molecular formula is C27H48O11. The second-order valence-electron chi connectivity index (χ2n) is 11.1. The standard InChI is InChI=1S/C27H48O11/c1-8-16(14-28)9-15(2)19-10-17(34-5)13-22(29)26(3,4)27(33)24(31)21(36-7)12-18(38-27)11-20(35-6)23(30)25(32)37-19/h9,16-24,28-31,33H,8,10-14H2,1-7H3/b15-9+/t16-,17-,18+,19-,20+,21-,22-,23-,24+,27+/m0/s1. The number of aliphatic hydroxyl groups excluding tert-OH is 4. The first-order chi connectivity index (χ1) is 17.8. The van der Waals surface area contributed by atoms with Crippen molar-refractivity contribution in [2.24, 2.45) is 11.3 Å². The van der Waals surface area contributed by atoms with E-state index < -0.39 is 66.0 Å². The van der Waals surface area contributed by atoms with E-state index in [4.69, 9.17) is 23.7 Å². The maximum Gasteiger partial charge on any atom is 0.338 e. The Hall–Kier alpha value is -1.15. The maximum absolute atomic E-state index is 13.1. The van der Waals surface area contributed by atoms with Crippen molar-refractivity contribution in [1.29, 1.82) is 0 Å². The zero-order chi connectivity index (χ0) is 28.8. The van der Waals surface area contributed by atoms with E-state index in [9.17, 15) is 30.3 Å². The lowest BCUT2D eigenvalue weighted by Gasteiger charge is -2.54. The first kappa shape index (κ1) is 33.1. The molecule has 0 aromatic carbocycles. The third kappa shape index (κ3) is 7.13. The van der Waals surface area contributed by atoms with Gasteiger partial charge in [-0.25, -0.2) is 4.79 Å². The summed E-state index contributed by atoms with van der Waals surface area (Å²) in [5, 5.41) is 54.7. The van der Waals surface area contributed by atoms with Gasteiger partial charge in [-0.2, -0.15) is 0 Å². The van der Waals surface area contributed by atoms with E-state index >= 15 is 0 Å². The number of esters is 1. The van der Waals surface area contributed by atoms with E-state index in [1.54, 1.807) is 20.8 Å². The first-order valence-corrected chi connectivity index (χ1v) is 13.3. The molecule has 2 heterocycles. The summed E-state index contributed by atoms with van der Waals surface area (Å²) in [4.78, 5) is 13.1. The van der Waals surface area contributed by atoms with Gasteiger partial charge in [0, 0.05) is 65.0 Å². The van der Waals surface area contributed by atoms with Gasteiger partial charge < -0.3 is 49.2 Å². The third-order valence-electron chi connectivity index (χ3n) is 8.37. The van der Waals surface area contributed by atoms with Crippen LogP contribution in [0.2, 0.25) is 0 Å². The summed E-state index contributed by atoms with van der Waals surface area (Å²) in [6.07, 6.45) is -5.71. The van der Waals surface area contributed by atoms with Crippen LogP contribution in [0.1, 0.15) is 59.8 Å². The Morgan fingerprint density at radius 2 is 1.66 bits per heavy atom. The van der Waals surface area contributed by atoms with Gasteiger partial charge in [-0.1, -0.05) is 26.8 Å². The molecule has 2 rings (SSSR count). The van der Waals surface area contributed by atoms with Gasteiger partial charge in [0.1, 0.15) is 12.2 Å². The molecule has 2 saturated heterocycles. The Morgan fingerprint density at radius 3 is 2.18 bits per heavy atom. The van der Waals surface area contributed by atoms with Gasteiger partial charge in [-0.3, -0.25) is 0 Å². The van der Waals surface area contributed by atoms with Gasteiger partial charge in [0.15, 0.2) is 6.10 Å². The lowest BCUT2D eigenvalue weighted by Crippen LogP contribution is -2.68. The molecule has 38 heavy (non-hydrogen) atoms. The van der Waals surface area contributed by atoms with E-state index in [2.05, 4.69) is 0 Å². The molecule has 0 aliphatic carbocycles. The zero-order valence-corrected chi connectivity index (χ0v) is 23.7. The smallest absolute Gasteiger partial charge is 0.338 e. The highest BCUT2D eigenvalue weighted by Gasteiger charge is 2.60. The van der Waals surface area contributed by atoms with Crippen molar-refractivity contribution in [3.05, 3.63) is 11.6 Å². The van der Waals surface area contributed by atoms with Crippen LogP contribution in [0.25, 0.3) is 0 Å². The number of carbonyl (C=O) groups excluding carboxylic acids is 1. The fourth-order valence-electron chi connectivity index (χ4n) is 5.30. The third-order valence-corrected chi connectivity index (χ3v) is 8.37. The van der Waals surface area contributed by atoms with Gasteiger partial charge in [0.25, 0.3) is 0 Å². The second kappa shape index (κ2) is 14.0. The minimum absolute atomic E-state index is 0.0174. The van der Waals surface area contributed by atoms with Crippen LogP contribution in [0.5, 0.6) is 0 Å². The molecule has 11 heteroatoms. The molecule has 5 N–H and O–H groups in total. The molecule has 222 valence electrons. The number of cyclic esters (lactones) is 1. The molecule has 0 spiro atoms. The Morgan fingerprint density at radius 1 is 1.05 bits per heavy atom. The average Bonchev–Trinajstić information content (AvgIpc) is 2.89. The summed E-state index contributed by atoms with van der Waals surface area (Å²) in [7, 11) is 4.20. The SMILES string of the molecule is CC[C@@H](/C=C(\C)[C@@H]1C[C@H](OC)C[C@H](O)C(C)(C)[C@]2(O)O[C@@H](C[C@H](OC)[C@H]2O)C[C@@H](OC)[C@H](O)C(=O)O1)CO. The molecule has 2 bridgehead atoms. The number of aliphatic hydroxyl groups is 5. The van der Waals surface area contributed by atoms with Crippen LogP contribution in [0.3, 0.4) is 0 Å². The van der Waals surface area contributed by atoms with E-state index in [1.807, 2.05) is 13.0 Å². The zero-order valence-electron chi connectivity index (χ0n) is 23.7. The molecule has 0 radical (unpaired) electrons. The highest BCUT2D eigenvalue weighted by atomic mass is 16.7. The van der Waals surface area contributed by atoms with E-state index in [0.717, 1.165) is 0 Å². The van der Waals surface area contributed by atoms with E-state index in [-0.39, 0.29) is 38.2 Å². The van der Waals surface area contributed by atoms with Crippen LogP contribution < -0.4 is 0 Å². The number of hydrogen-bond donors (Lipinski definition) is 5. The maximum atomic E-state index is 13.1. The Kier molecular flexibility index (Phi) is 12.1. The average molecular weight is 549 g/mol. The second-order valence-corrected chi connectivity index (χ2v) is 11.1. The Labute approximate surface area is 225 Å². The van der Waals surface area contributed by atoms with Gasteiger partial charge in [-0.15, -0.1) is 0 Å². The molecule has 0 saturated carbocycles. The normalized spacial score (nSPS) is 40.2. The molecule has 0 aromatic rings. The largest absolute Gasteiger partial charge is 0.456 e. The quantitative estimate of drug-likeness (QED) is 0.224. The lowest BCUT2D eigenvalue weighted by molar-refractivity contribution is -0.379. The summed E-state index contributed by atoms with van der Waals surface area (Å²) in [5.74, 6) is -3.29. The number of rotatable bonds is 7. The molecular weight excluding hydrogens is 500 g/mol. The van der Waals surface area contributed by atoms with Crippen molar-refractivity contribution in [1.82, 2.24) is 0 Å². The summed E-state index contributed by atoms with van der Waals surface area (Å²) in [5.41, 5.74) is -0.730. The monoisotopic (exact) mass is 548 g/mol. The van der Waals surface area contributed by atoms with E-state index in [1.165, 1.54) is 21.3 Å². The number of ether oxygens (including phenoxy) is 5. The summed E-state index contributed by atoms with van der Waals surface area (Å²) >= 11 is 0. The highest BCUT2D eigenvalue weighted by molar-refractivity contribution is 5.75. The molecule has 0 amide bonds. The van der Waals surface area contributed by atoms with Gasteiger partial charge >= 0.3 is 5.97 Å². The van der Waals surface area contributed by atoms with Crippen molar-refractivity contribution >= 4 is 5.97 Å². The topological polar surface area (TPSA) is 164 Å². The number of carbonyl (C=O) groups is 1. The molecule has 0 aromatic heterocycles. The minimum Gasteiger partial charge on any atom is -0.456 e. The van der Waals surface area contributed by atoms with Crippen LogP contribution in [-0.4, -0.2) is 114 Å². The highest BCUT2D eigenvalue weighted by Crippen LogP contribution is 2.46. The Bertz CT molecular complexity index is 783. The molecule has 10 atom stereocenters. The molecule has 11 nitrogen and oxygen atoms in total. The summed E-state index contributed by atoms with van der Waals surface area (Å²) in [6.45, 7) is 6.81. The van der Waals surface area contributed by atoms with Crippen molar-refractivity contribution in [3.8, 4) is 0 Å². The first-order valence-electron chi connectivity index (χ1n) is 13.3. The molecule has 2 fully saturated rings. The predicted octanol–water partition coefficient (Wildman–Crippen LogP) is 0.678. The van der Waals surface area contributed by atoms with Crippen molar-refractivity contribution in [2.75, 3.05) is 27.9 Å². The van der Waals surface area contributed by atoms with Crippen molar-refractivity contribution in [3.63, 3.8) is 0 Å².